The standard InChI is InChI=1S/C75H139NO10/c1-4-7-10-13-16-19-22-25-27-29-31-33-35-37-39-41-43-45-48-51-54-57-60-63-70(80)86-73-72(82)71(81)69(64-77)85-75(73)84-65-66(67(78)61-58-55-52-49-46-24-21-18-15-12-9-6-3)76-74(83)68(79)62-59-56-53-50-47-44-42-40-38-36-34-32-30-28-26-23-20-17-14-11-8-5-2/h16,19,25-28,58,61,66-69,71-73,75,77-79,81-82H,4-15,17-18,20-24,29-57,59-60,62-65H2,1-3H3,(H,76,83)/b19-16-,27-25-,28-26+,61-58+. The second-order valence-corrected chi connectivity index (χ2v) is 25.7. The molecular formula is C75H139NO10. The van der Waals surface area contributed by atoms with E-state index in [1.54, 1.807) is 6.08 Å². The van der Waals surface area contributed by atoms with Gasteiger partial charge in [0.25, 0.3) is 0 Å². The largest absolute Gasteiger partial charge is 0.454 e. The fourth-order valence-corrected chi connectivity index (χ4v) is 11.6. The highest BCUT2D eigenvalue weighted by Crippen LogP contribution is 2.26. The zero-order chi connectivity index (χ0) is 62.4. The second kappa shape index (κ2) is 62.8. The van der Waals surface area contributed by atoms with Crippen LogP contribution in [0.2, 0.25) is 0 Å². The number of ether oxygens (including phenoxy) is 3. The van der Waals surface area contributed by atoms with Crippen molar-refractivity contribution in [1.82, 2.24) is 5.32 Å². The van der Waals surface area contributed by atoms with Crippen molar-refractivity contribution in [2.24, 2.45) is 0 Å². The Morgan fingerprint density at radius 1 is 0.453 bits per heavy atom. The number of allylic oxidation sites excluding steroid dienone is 7. The molecule has 1 amide bonds. The molecule has 1 saturated heterocycles. The van der Waals surface area contributed by atoms with Crippen molar-refractivity contribution >= 4 is 11.9 Å². The van der Waals surface area contributed by atoms with Crippen LogP contribution in [0.15, 0.2) is 48.6 Å². The van der Waals surface area contributed by atoms with Gasteiger partial charge in [-0.15, -0.1) is 0 Å². The number of carbonyl (C=O) groups excluding carboxylic acids is 2. The number of aliphatic hydroxyl groups is 5. The molecule has 0 aromatic rings. The Hall–Kier alpha value is -2.38. The third-order valence-electron chi connectivity index (χ3n) is 17.5. The van der Waals surface area contributed by atoms with Gasteiger partial charge in [-0.05, 0) is 83.5 Å². The number of unbranched alkanes of at least 4 members (excludes halogenated alkanes) is 44. The van der Waals surface area contributed by atoms with Crippen molar-refractivity contribution in [1.29, 1.82) is 0 Å². The van der Waals surface area contributed by atoms with Crippen molar-refractivity contribution in [3.8, 4) is 0 Å². The van der Waals surface area contributed by atoms with Crippen molar-refractivity contribution < 1.29 is 49.3 Å². The van der Waals surface area contributed by atoms with Crippen LogP contribution in [0.5, 0.6) is 0 Å². The van der Waals surface area contributed by atoms with Gasteiger partial charge in [0.15, 0.2) is 12.4 Å². The van der Waals surface area contributed by atoms with E-state index in [2.05, 4.69) is 62.5 Å². The topological polar surface area (TPSA) is 175 Å². The first-order valence-electron chi connectivity index (χ1n) is 36.9. The Kier molecular flexibility index (Phi) is 59.6. The van der Waals surface area contributed by atoms with E-state index in [1.807, 2.05) is 6.08 Å². The first-order valence-corrected chi connectivity index (χ1v) is 36.9. The van der Waals surface area contributed by atoms with Crippen molar-refractivity contribution in [2.45, 2.75) is 404 Å². The summed E-state index contributed by atoms with van der Waals surface area (Å²) in [6, 6.07) is -1.02. The molecule has 8 unspecified atom stereocenters. The SMILES string of the molecule is CCCCC/C=C\C/C=C\CCCCCCCCCCCCCCCC(=O)OC1C(OCC(NC(=O)C(O)CCCCCCCCCCCCCC/C=C/CCCCCCCC)C(O)/C=C/CCCCCCCCCCCC)OC(CO)C(O)C1O. The summed E-state index contributed by atoms with van der Waals surface area (Å²) in [5.74, 6) is -1.18. The Bertz CT molecular complexity index is 1590. The lowest BCUT2D eigenvalue weighted by atomic mass is 9.99. The Morgan fingerprint density at radius 3 is 1.22 bits per heavy atom. The molecule has 86 heavy (non-hydrogen) atoms. The van der Waals surface area contributed by atoms with Gasteiger partial charge in [0, 0.05) is 6.42 Å². The monoisotopic (exact) mass is 1210 g/mol. The molecule has 8 atom stereocenters. The van der Waals surface area contributed by atoms with Crippen molar-refractivity contribution in [3.63, 3.8) is 0 Å². The number of esters is 1. The van der Waals surface area contributed by atoms with Crippen LogP contribution in [0.4, 0.5) is 0 Å². The zero-order valence-corrected chi connectivity index (χ0v) is 56.2. The van der Waals surface area contributed by atoms with Crippen LogP contribution in [0.25, 0.3) is 0 Å². The van der Waals surface area contributed by atoms with Crippen LogP contribution < -0.4 is 5.32 Å². The lowest BCUT2D eigenvalue weighted by molar-refractivity contribution is -0.305. The summed E-state index contributed by atoms with van der Waals surface area (Å²) in [7, 11) is 0. The number of nitrogens with one attached hydrogen (secondary N) is 1. The molecular weight excluding hydrogens is 1070 g/mol. The number of aliphatic hydroxyl groups excluding tert-OH is 5. The van der Waals surface area contributed by atoms with Crippen molar-refractivity contribution in [3.05, 3.63) is 48.6 Å². The molecule has 11 nitrogen and oxygen atoms in total. The van der Waals surface area contributed by atoms with E-state index in [1.165, 1.54) is 244 Å². The fraction of sp³-hybridized carbons (Fsp3) is 0.867. The van der Waals surface area contributed by atoms with Crippen LogP contribution in [-0.2, 0) is 23.8 Å². The van der Waals surface area contributed by atoms with Crippen LogP contribution in [0.1, 0.15) is 355 Å². The minimum absolute atomic E-state index is 0.125. The van der Waals surface area contributed by atoms with Gasteiger partial charge in [0.2, 0.25) is 5.91 Å². The summed E-state index contributed by atoms with van der Waals surface area (Å²) in [6.45, 7) is 5.81. The molecule has 0 spiro atoms. The number of rotatable bonds is 64. The molecule has 0 bridgehead atoms. The average Bonchev–Trinajstić information content (AvgIpc) is 3.39. The second-order valence-electron chi connectivity index (χ2n) is 25.7. The molecule has 0 aliphatic carbocycles. The predicted octanol–water partition coefficient (Wildman–Crippen LogP) is 19.1. The molecule has 11 heteroatoms. The van der Waals surface area contributed by atoms with Crippen LogP contribution in [-0.4, -0.2) is 99.6 Å². The summed E-state index contributed by atoms with van der Waals surface area (Å²) < 4.78 is 17.7. The molecule has 1 heterocycles. The number of hydrogen-bond donors (Lipinski definition) is 6. The lowest BCUT2D eigenvalue weighted by Crippen LogP contribution is -2.61. The molecule has 0 radical (unpaired) electrons. The molecule has 1 rings (SSSR count). The van der Waals surface area contributed by atoms with Crippen LogP contribution in [0.3, 0.4) is 0 Å². The number of hydrogen-bond acceptors (Lipinski definition) is 10. The number of amides is 1. The Morgan fingerprint density at radius 2 is 0.802 bits per heavy atom. The van der Waals surface area contributed by atoms with E-state index in [9.17, 15) is 35.1 Å². The predicted molar refractivity (Wildman–Crippen MR) is 361 cm³/mol. The van der Waals surface area contributed by atoms with Gasteiger partial charge in [0.05, 0.1) is 25.4 Å². The third kappa shape index (κ3) is 49.4. The summed E-state index contributed by atoms with van der Waals surface area (Å²) in [5, 5.41) is 57.3. The van der Waals surface area contributed by atoms with Gasteiger partial charge in [-0.25, -0.2) is 0 Å². The van der Waals surface area contributed by atoms with E-state index < -0.39 is 67.4 Å². The van der Waals surface area contributed by atoms with Crippen molar-refractivity contribution in [2.75, 3.05) is 13.2 Å². The third-order valence-corrected chi connectivity index (χ3v) is 17.5. The summed E-state index contributed by atoms with van der Waals surface area (Å²) in [6.07, 6.45) is 68.7. The maximum absolute atomic E-state index is 13.5. The molecule has 0 saturated carbocycles. The first-order chi connectivity index (χ1) is 42.2. The molecule has 1 aliphatic rings. The van der Waals surface area contributed by atoms with Gasteiger partial charge >= 0.3 is 5.97 Å². The maximum atomic E-state index is 13.5. The van der Waals surface area contributed by atoms with Crippen LogP contribution in [0, 0.1) is 0 Å². The summed E-state index contributed by atoms with van der Waals surface area (Å²) in [5.41, 5.74) is 0. The van der Waals surface area contributed by atoms with E-state index in [0.29, 0.717) is 19.3 Å². The highest BCUT2D eigenvalue weighted by Gasteiger charge is 2.47. The van der Waals surface area contributed by atoms with Gasteiger partial charge in [-0.2, -0.15) is 0 Å². The average molecular weight is 1210 g/mol. The molecule has 6 N–H and O–H groups in total. The Balaban J connectivity index is 2.55. The molecule has 504 valence electrons. The molecule has 0 aromatic carbocycles. The highest BCUT2D eigenvalue weighted by molar-refractivity contribution is 5.80. The Labute approximate surface area is 529 Å². The minimum atomic E-state index is -1.61. The molecule has 1 aliphatic heterocycles. The molecule has 0 aromatic heterocycles. The quantitative estimate of drug-likeness (QED) is 0.0195. The van der Waals surface area contributed by atoms with Gasteiger partial charge < -0.3 is 45.1 Å². The highest BCUT2D eigenvalue weighted by atomic mass is 16.7. The fourth-order valence-electron chi connectivity index (χ4n) is 11.6. The van der Waals surface area contributed by atoms with E-state index >= 15 is 0 Å². The van der Waals surface area contributed by atoms with E-state index in [-0.39, 0.29) is 13.0 Å². The molecule has 1 fully saturated rings. The van der Waals surface area contributed by atoms with E-state index in [0.717, 1.165) is 64.2 Å². The van der Waals surface area contributed by atoms with Gasteiger partial charge in [-0.3, -0.25) is 9.59 Å². The van der Waals surface area contributed by atoms with E-state index in [4.69, 9.17) is 14.2 Å². The zero-order valence-electron chi connectivity index (χ0n) is 56.2. The summed E-state index contributed by atoms with van der Waals surface area (Å²) in [4.78, 5) is 26.7. The minimum Gasteiger partial charge on any atom is -0.454 e. The van der Waals surface area contributed by atoms with Crippen LogP contribution >= 0.6 is 0 Å². The van der Waals surface area contributed by atoms with Gasteiger partial charge in [-0.1, -0.05) is 313 Å². The summed E-state index contributed by atoms with van der Waals surface area (Å²) >= 11 is 0. The maximum Gasteiger partial charge on any atom is 0.306 e. The first kappa shape index (κ1) is 81.6. The lowest BCUT2D eigenvalue weighted by Gasteiger charge is -2.41. The normalized spacial score (nSPS) is 18.5. The number of carbonyl (C=O) groups is 2. The van der Waals surface area contributed by atoms with Gasteiger partial charge in [0.1, 0.15) is 24.4 Å². The smallest absolute Gasteiger partial charge is 0.306 e.